The number of Topliss-reactive ketones (excluding diaryl/α,β-unsaturated/α-hetero) is 1. The molecule has 3 rings (SSSR count). The van der Waals surface area contributed by atoms with E-state index in [1.807, 2.05) is 24.3 Å². The Morgan fingerprint density at radius 3 is 2.41 bits per heavy atom. The molecular formula is C20H28N4O2S. The summed E-state index contributed by atoms with van der Waals surface area (Å²) in [4.78, 5) is 14.8. The number of morpholine rings is 1. The molecular weight excluding hydrogens is 360 g/mol. The molecule has 6 nitrogen and oxygen atoms in total. The molecule has 27 heavy (non-hydrogen) atoms. The first kappa shape index (κ1) is 19.9. The third-order valence-electron chi connectivity index (χ3n) is 4.71. The maximum absolute atomic E-state index is 12.6. The largest absolute Gasteiger partial charge is 0.378 e. The molecule has 1 aromatic carbocycles. The number of hydrogen-bond donors (Lipinski definition) is 0. The van der Waals surface area contributed by atoms with Gasteiger partial charge in [0.05, 0.1) is 19.0 Å². The van der Waals surface area contributed by atoms with Gasteiger partial charge >= 0.3 is 0 Å². The van der Waals surface area contributed by atoms with E-state index in [9.17, 15) is 4.79 Å². The second-order valence-corrected chi connectivity index (χ2v) is 8.61. The van der Waals surface area contributed by atoms with Crippen LogP contribution in [0.25, 0.3) is 0 Å². The second kappa shape index (κ2) is 8.44. The van der Waals surface area contributed by atoms with Crippen LogP contribution in [0.4, 0.5) is 5.95 Å². The summed E-state index contributed by atoms with van der Waals surface area (Å²) >= 11 is 1.45. The van der Waals surface area contributed by atoms with E-state index < -0.39 is 0 Å². The van der Waals surface area contributed by atoms with Crippen LogP contribution in [0.2, 0.25) is 0 Å². The molecule has 0 atom stereocenters. The lowest BCUT2D eigenvalue weighted by Gasteiger charge is -2.27. The van der Waals surface area contributed by atoms with Gasteiger partial charge in [-0.05, 0) is 17.9 Å². The summed E-state index contributed by atoms with van der Waals surface area (Å²) in [6.45, 7) is 12.4. The Kier molecular flexibility index (Phi) is 6.22. The molecule has 0 amide bonds. The average Bonchev–Trinajstić information content (AvgIpc) is 3.09. The molecule has 7 heteroatoms. The topological polar surface area (TPSA) is 60.2 Å². The van der Waals surface area contributed by atoms with Crippen LogP contribution in [-0.4, -0.2) is 52.6 Å². The molecule has 1 aliphatic rings. The smallest absolute Gasteiger partial charge is 0.228 e. The lowest BCUT2D eigenvalue weighted by Crippen LogP contribution is -2.38. The quantitative estimate of drug-likeness (QED) is 0.558. The maximum atomic E-state index is 12.6. The van der Waals surface area contributed by atoms with Crippen molar-refractivity contribution in [1.82, 2.24) is 14.8 Å². The second-order valence-electron chi connectivity index (χ2n) is 7.67. The highest BCUT2D eigenvalue weighted by Gasteiger charge is 2.20. The number of carbonyl (C=O) groups excluding carboxylic acids is 1. The van der Waals surface area contributed by atoms with E-state index in [1.165, 1.54) is 17.3 Å². The number of rotatable bonds is 6. The number of thioether (sulfide) groups is 1. The van der Waals surface area contributed by atoms with E-state index in [0.717, 1.165) is 36.3 Å². The van der Waals surface area contributed by atoms with Crippen LogP contribution in [0.1, 0.15) is 43.6 Å². The molecule has 0 unspecified atom stereocenters. The molecule has 1 fully saturated rings. The van der Waals surface area contributed by atoms with E-state index in [4.69, 9.17) is 4.74 Å². The lowest BCUT2D eigenvalue weighted by atomic mass is 9.86. The Bertz CT molecular complexity index is 774. The summed E-state index contributed by atoms with van der Waals surface area (Å²) in [6, 6.07) is 7.94. The number of anilines is 1. The fraction of sp³-hybridized carbons (Fsp3) is 0.550. The molecule has 0 saturated carbocycles. The SMILES string of the molecule is CCn1c(SCC(=O)c2ccc(C(C)(C)C)cc2)nnc1N1CCOCC1. The highest BCUT2D eigenvalue weighted by Crippen LogP contribution is 2.25. The third-order valence-corrected chi connectivity index (χ3v) is 5.68. The van der Waals surface area contributed by atoms with Gasteiger partial charge in [-0.2, -0.15) is 0 Å². The molecule has 1 aliphatic heterocycles. The van der Waals surface area contributed by atoms with Crippen LogP contribution in [0.5, 0.6) is 0 Å². The molecule has 2 heterocycles. The van der Waals surface area contributed by atoms with Crippen molar-refractivity contribution < 1.29 is 9.53 Å². The van der Waals surface area contributed by atoms with Crippen LogP contribution in [0, 0.1) is 0 Å². The van der Waals surface area contributed by atoms with Crippen molar-refractivity contribution in [2.75, 3.05) is 37.0 Å². The molecule has 0 aliphatic carbocycles. The van der Waals surface area contributed by atoms with E-state index >= 15 is 0 Å². The fourth-order valence-corrected chi connectivity index (χ4v) is 3.92. The number of ether oxygens (including phenoxy) is 1. The minimum absolute atomic E-state index is 0.0871. The van der Waals surface area contributed by atoms with Crippen molar-refractivity contribution in [3.8, 4) is 0 Å². The monoisotopic (exact) mass is 388 g/mol. The Morgan fingerprint density at radius 1 is 1.15 bits per heavy atom. The zero-order valence-corrected chi connectivity index (χ0v) is 17.4. The van der Waals surface area contributed by atoms with Gasteiger partial charge in [-0.3, -0.25) is 9.36 Å². The Hall–Kier alpha value is -1.86. The van der Waals surface area contributed by atoms with Crippen molar-refractivity contribution in [3.63, 3.8) is 0 Å². The number of ketones is 1. The van der Waals surface area contributed by atoms with Crippen LogP contribution in [0.15, 0.2) is 29.4 Å². The van der Waals surface area contributed by atoms with Gasteiger partial charge in [-0.1, -0.05) is 56.8 Å². The lowest BCUT2D eigenvalue weighted by molar-refractivity contribution is 0.102. The van der Waals surface area contributed by atoms with Crippen molar-refractivity contribution in [2.24, 2.45) is 0 Å². The average molecular weight is 389 g/mol. The zero-order valence-electron chi connectivity index (χ0n) is 16.6. The standard InChI is InChI=1S/C20H28N4O2S/c1-5-24-18(23-10-12-26-13-11-23)21-22-19(24)27-14-17(25)15-6-8-16(9-7-15)20(2,3)4/h6-9H,5,10-14H2,1-4H3. The van der Waals surface area contributed by atoms with E-state index in [-0.39, 0.29) is 11.2 Å². The zero-order chi connectivity index (χ0) is 19.4. The first-order valence-corrected chi connectivity index (χ1v) is 10.4. The number of hydrogen-bond acceptors (Lipinski definition) is 6. The third kappa shape index (κ3) is 4.71. The minimum atomic E-state index is 0.0871. The fourth-order valence-electron chi connectivity index (χ4n) is 3.03. The van der Waals surface area contributed by atoms with Gasteiger partial charge in [-0.15, -0.1) is 10.2 Å². The van der Waals surface area contributed by atoms with E-state index in [1.54, 1.807) is 0 Å². The predicted molar refractivity (Wildman–Crippen MR) is 109 cm³/mol. The van der Waals surface area contributed by atoms with Gasteiger partial charge in [-0.25, -0.2) is 0 Å². The maximum Gasteiger partial charge on any atom is 0.228 e. The number of benzene rings is 1. The number of carbonyl (C=O) groups is 1. The van der Waals surface area contributed by atoms with Gasteiger partial charge in [0.15, 0.2) is 10.9 Å². The minimum Gasteiger partial charge on any atom is -0.378 e. The Labute approximate surface area is 165 Å². The van der Waals surface area contributed by atoms with Gasteiger partial charge in [0.25, 0.3) is 0 Å². The molecule has 1 saturated heterocycles. The van der Waals surface area contributed by atoms with Crippen molar-refractivity contribution >= 4 is 23.5 Å². The van der Waals surface area contributed by atoms with Crippen molar-refractivity contribution in [3.05, 3.63) is 35.4 Å². The van der Waals surface area contributed by atoms with Gasteiger partial charge < -0.3 is 9.64 Å². The van der Waals surface area contributed by atoms with Crippen LogP contribution in [-0.2, 0) is 16.7 Å². The molecule has 0 N–H and O–H groups in total. The molecule has 1 aromatic heterocycles. The van der Waals surface area contributed by atoms with Crippen molar-refractivity contribution in [1.29, 1.82) is 0 Å². The first-order chi connectivity index (χ1) is 12.9. The molecule has 0 bridgehead atoms. The van der Waals surface area contributed by atoms with Crippen LogP contribution >= 0.6 is 11.8 Å². The summed E-state index contributed by atoms with van der Waals surface area (Å²) in [5.74, 6) is 1.33. The number of aromatic nitrogens is 3. The summed E-state index contributed by atoms with van der Waals surface area (Å²) in [7, 11) is 0. The van der Waals surface area contributed by atoms with Crippen LogP contribution < -0.4 is 4.90 Å². The van der Waals surface area contributed by atoms with Gasteiger partial charge in [0.1, 0.15) is 0 Å². The Morgan fingerprint density at radius 2 is 1.81 bits per heavy atom. The van der Waals surface area contributed by atoms with Crippen LogP contribution in [0.3, 0.4) is 0 Å². The highest BCUT2D eigenvalue weighted by molar-refractivity contribution is 7.99. The molecule has 0 spiro atoms. The first-order valence-electron chi connectivity index (χ1n) is 9.42. The summed E-state index contributed by atoms with van der Waals surface area (Å²) in [5, 5.41) is 9.46. The van der Waals surface area contributed by atoms with Crippen molar-refractivity contribution in [2.45, 2.75) is 44.8 Å². The summed E-state index contributed by atoms with van der Waals surface area (Å²) in [6.07, 6.45) is 0. The van der Waals surface area contributed by atoms with Gasteiger partial charge in [0.2, 0.25) is 5.95 Å². The molecule has 146 valence electrons. The normalized spacial score (nSPS) is 15.2. The highest BCUT2D eigenvalue weighted by atomic mass is 32.2. The molecule has 0 radical (unpaired) electrons. The summed E-state index contributed by atoms with van der Waals surface area (Å²) < 4.78 is 7.49. The van der Waals surface area contributed by atoms with E-state index in [2.05, 4.69) is 47.4 Å². The van der Waals surface area contributed by atoms with Gasteiger partial charge in [0, 0.05) is 25.2 Å². The predicted octanol–water partition coefficient (Wildman–Crippen LogP) is 3.41. The Balaban J connectivity index is 1.66. The van der Waals surface area contributed by atoms with E-state index in [0.29, 0.717) is 19.0 Å². The summed E-state index contributed by atoms with van der Waals surface area (Å²) in [5.41, 5.74) is 2.06. The number of nitrogens with zero attached hydrogens (tertiary/aromatic N) is 4. The molecule has 2 aromatic rings.